The third-order valence-corrected chi connectivity index (χ3v) is 5.82. The van der Waals surface area contributed by atoms with Gasteiger partial charge in [0.05, 0.1) is 10.6 Å². The highest BCUT2D eigenvalue weighted by Crippen LogP contribution is 2.15. The maximum atomic E-state index is 12.5. The summed E-state index contributed by atoms with van der Waals surface area (Å²) in [5.41, 5.74) is 1.91. The standard InChI is InChI=1S/C19H26N4O3S/c1-14-16(15(2)26-21-14)5-6-18(24)23-11-9-22(10-12-23)8-7-20-19(25)17-4-3-13-27-17/h3-4,13H,5-12H2,1-2H3,(H,20,25). The van der Waals surface area contributed by atoms with Gasteiger partial charge in [0.15, 0.2) is 0 Å². The van der Waals surface area contributed by atoms with E-state index in [2.05, 4.69) is 15.4 Å². The maximum absolute atomic E-state index is 12.5. The maximum Gasteiger partial charge on any atom is 0.261 e. The van der Waals surface area contributed by atoms with E-state index in [1.165, 1.54) is 11.3 Å². The Kier molecular flexibility index (Phi) is 6.63. The second-order valence-electron chi connectivity index (χ2n) is 6.76. The van der Waals surface area contributed by atoms with Crippen molar-refractivity contribution in [3.8, 4) is 0 Å². The van der Waals surface area contributed by atoms with Gasteiger partial charge in [0.1, 0.15) is 5.76 Å². The fraction of sp³-hybridized carbons (Fsp3) is 0.526. The molecule has 1 aliphatic rings. The predicted molar refractivity (Wildman–Crippen MR) is 104 cm³/mol. The Balaban J connectivity index is 1.34. The summed E-state index contributed by atoms with van der Waals surface area (Å²) in [5.74, 6) is 0.966. The Labute approximate surface area is 163 Å². The zero-order valence-electron chi connectivity index (χ0n) is 15.9. The number of hydrogen-bond acceptors (Lipinski definition) is 6. The number of amides is 2. The van der Waals surface area contributed by atoms with Gasteiger partial charge in [-0.15, -0.1) is 11.3 Å². The average molecular weight is 391 g/mol. The van der Waals surface area contributed by atoms with Gasteiger partial charge in [0, 0.05) is 51.3 Å². The number of nitrogens with zero attached hydrogens (tertiary/aromatic N) is 3. The predicted octanol–water partition coefficient (Wildman–Crippen LogP) is 1.86. The monoisotopic (exact) mass is 390 g/mol. The van der Waals surface area contributed by atoms with Crippen LogP contribution in [-0.2, 0) is 11.2 Å². The first-order valence-corrected chi connectivity index (χ1v) is 10.2. The molecule has 27 heavy (non-hydrogen) atoms. The lowest BCUT2D eigenvalue weighted by Gasteiger charge is -2.34. The second kappa shape index (κ2) is 9.14. The Morgan fingerprint density at radius 1 is 1.26 bits per heavy atom. The summed E-state index contributed by atoms with van der Waals surface area (Å²) in [5, 5.41) is 8.78. The van der Waals surface area contributed by atoms with Gasteiger partial charge in [0.2, 0.25) is 5.91 Å². The minimum Gasteiger partial charge on any atom is -0.361 e. The van der Waals surface area contributed by atoms with Crippen molar-refractivity contribution in [1.82, 2.24) is 20.3 Å². The molecule has 1 N–H and O–H groups in total. The Morgan fingerprint density at radius 2 is 2.04 bits per heavy atom. The quantitative estimate of drug-likeness (QED) is 0.781. The van der Waals surface area contributed by atoms with Crippen LogP contribution in [0.5, 0.6) is 0 Å². The molecule has 0 radical (unpaired) electrons. The number of thiophene rings is 1. The molecule has 2 amide bonds. The van der Waals surface area contributed by atoms with Crippen LogP contribution in [0.2, 0.25) is 0 Å². The van der Waals surface area contributed by atoms with Crippen molar-refractivity contribution in [2.45, 2.75) is 26.7 Å². The normalized spacial score (nSPS) is 15.1. The van der Waals surface area contributed by atoms with Gasteiger partial charge < -0.3 is 14.7 Å². The highest BCUT2D eigenvalue weighted by atomic mass is 32.1. The van der Waals surface area contributed by atoms with Crippen LogP contribution in [0.15, 0.2) is 22.0 Å². The fourth-order valence-corrected chi connectivity index (χ4v) is 3.93. The van der Waals surface area contributed by atoms with Crippen molar-refractivity contribution in [2.75, 3.05) is 39.3 Å². The lowest BCUT2D eigenvalue weighted by Crippen LogP contribution is -2.50. The van der Waals surface area contributed by atoms with E-state index < -0.39 is 0 Å². The molecule has 0 spiro atoms. The molecule has 3 rings (SSSR count). The molecule has 1 saturated heterocycles. The van der Waals surface area contributed by atoms with E-state index in [9.17, 15) is 9.59 Å². The van der Waals surface area contributed by atoms with Crippen molar-refractivity contribution in [1.29, 1.82) is 0 Å². The molecule has 0 bridgehead atoms. The summed E-state index contributed by atoms with van der Waals surface area (Å²) in [6.45, 7) is 8.37. The van der Waals surface area contributed by atoms with Crippen molar-refractivity contribution in [2.24, 2.45) is 0 Å². The van der Waals surface area contributed by atoms with E-state index >= 15 is 0 Å². The molecule has 0 saturated carbocycles. The van der Waals surface area contributed by atoms with Crippen molar-refractivity contribution in [3.63, 3.8) is 0 Å². The molecule has 1 fully saturated rings. The van der Waals surface area contributed by atoms with Crippen LogP contribution in [0, 0.1) is 13.8 Å². The minimum atomic E-state index is -0.0156. The van der Waals surface area contributed by atoms with Crippen molar-refractivity contribution < 1.29 is 14.1 Å². The van der Waals surface area contributed by atoms with Crippen molar-refractivity contribution in [3.05, 3.63) is 39.4 Å². The van der Waals surface area contributed by atoms with E-state index in [0.29, 0.717) is 19.4 Å². The number of piperazine rings is 1. The van der Waals surface area contributed by atoms with Gasteiger partial charge >= 0.3 is 0 Å². The zero-order valence-corrected chi connectivity index (χ0v) is 16.7. The number of aromatic nitrogens is 1. The molecule has 7 nitrogen and oxygen atoms in total. The number of carbonyl (C=O) groups is 2. The smallest absolute Gasteiger partial charge is 0.261 e. The van der Waals surface area contributed by atoms with Crippen LogP contribution >= 0.6 is 11.3 Å². The molecule has 0 atom stereocenters. The number of nitrogens with one attached hydrogen (secondary N) is 1. The first kappa shape index (κ1) is 19.6. The van der Waals surface area contributed by atoms with E-state index in [1.54, 1.807) is 0 Å². The van der Waals surface area contributed by atoms with E-state index in [0.717, 1.165) is 54.6 Å². The number of hydrogen-bond donors (Lipinski definition) is 1. The summed E-state index contributed by atoms with van der Waals surface area (Å²) in [7, 11) is 0. The van der Waals surface area contributed by atoms with Gasteiger partial charge in [-0.3, -0.25) is 14.5 Å². The van der Waals surface area contributed by atoms with Gasteiger partial charge in [0.25, 0.3) is 5.91 Å². The highest BCUT2D eigenvalue weighted by molar-refractivity contribution is 7.12. The SMILES string of the molecule is Cc1noc(C)c1CCC(=O)N1CCN(CCNC(=O)c2cccs2)CC1. The molecule has 2 aromatic heterocycles. The largest absolute Gasteiger partial charge is 0.361 e. The van der Waals surface area contributed by atoms with Crippen LogP contribution in [-0.4, -0.2) is 66.0 Å². The van der Waals surface area contributed by atoms with Crippen LogP contribution < -0.4 is 5.32 Å². The van der Waals surface area contributed by atoms with Gasteiger partial charge in [-0.05, 0) is 31.7 Å². The van der Waals surface area contributed by atoms with Crippen LogP contribution in [0.1, 0.15) is 33.1 Å². The molecular weight excluding hydrogens is 364 g/mol. The summed E-state index contributed by atoms with van der Waals surface area (Å²) >= 11 is 1.45. The van der Waals surface area contributed by atoms with Gasteiger partial charge in [-0.25, -0.2) is 0 Å². The van der Waals surface area contributed by atoms with Crippen LogP contribution in [0.25, 0.3) is 0 Å². The third kappa shape index (κ3) is 5.17. The van der Waals surface area contributed by atoms with E-state index in [4.69, 9.17) is 4.52 Å². The first-order valence-electron chi connectivity index (χ1n) is 9.28. The van der Waals surface area contributed by atoms with Gasteiger partial charge in [-0.2, -0.15) is 0 Å². The van der Waals surface area contributed by atoms with E-state index in [1.807, 2.05) is 36.3 Å². The van der Waals surface area contributed by atoms with Crippen LogP contribution in [0.3, 0.4) is 0 Å². The molecule has 1 aliphatic heterocycles. The van der Waals surface area contributed by atoms with E-state index in [-0.39, 0.29) is 11.8 Å². The lowest BCUT2D eigenvalue weighted by atomic mass is 10.1. The molecule has 2 aromatic rings. The minimum absolute atomic E-state index is 0.0156. The molecule has 0 unspecified atom stereocenters. The highest BCUT2D eigenvalue weighted by Gasteiger charge is 2.21. The summed E-state index contributed by atoms with van der Waals surface area (Å²) in [4.78, 5) is 29.3. The fourth-order valence-electron chi connectivity index (χ4n) is 3.29. The average Bonchev–Trinajstić information content (AvgIpc) is 3.31. The zero-order chi connectivity index (χ0) is 19.2. The molecule has 8 heteroatoms. The number of carbonyl (C=O) groups excluding carboxylic acids is 2. The number of aryl methyl sites for hydroxylation is 2. The molecule has 0 aliphatic carbocycles. The summed E-state index contributed by atoms with van der Waals surface area (Å²) in [6.07, 6.45) is 1.16. The summed E-state index contributed by atoms with van der Waals surface area (Å²) < 4.78 is 5.15. The Bertz CT molecular complexity index is 745. The Hall–Kier alpha value is -2.19. The molecule has 3 heterocycles. The van der Waals surface area contributed by atoms with Gasteiger partial charge in [-0.1, -0.05) is 11.2 Å². The molecular formula is C19H26N4O3S. The van der Waals surface area contributed by atoms with Crippen molar-refractivity contribution >= 4 is 23.2 Å². The van der Waals surface area contributed by atoms with Crippen LogP contribution in [0.4, 0.5) is 0 Å². The number of rotatable bonds is 7. The molecule has 0 aromatic carbocycles. The third-order valence-electron chi connectivity index (χ3n) is 4.95. The summed E-state index contributed by atoms with van der Waals surface area (Å²) in [6, 6.07) is 3.70. The topological polar surface area (TPSA) is 78.7 Å². The Morgan fingerprint density at radius 3 is 2.67 bits per heavy atom. The lowest BCUT2D eigenvalue weighted by molar-refractivity contribution is -0.132. The second-order valence-corrected chi connectivity index (χ2v) is 7.71. The first-order chi connectivity index (χ1) is 13.0. The molecule has 146 valence electrons.